The van der Waals surface area contributed by atoms with Crippen LogP contribution in [0.3, 0.4) is 0 Å². The Labute approximate surface area is 183 Å². The molecule has 1 aliphatic rings. The van der Waals surface area contributed by atoms with E-state index < -0.39 is 6.04 Å². The van der Waals surface area contributed by atoms with Gasteiger partial charge >= 0.3 is 0 Å². The van der Waals surface area contributed by atoms with Gasteiger partial charge in [0.1, 0.15) is 6.04 Å². The molecule has 8 heteroatoms. The highest BCUT2D eigenvalue weighted by Crippen LogP contribution is 2.23. The van der Waals surface area contributed by atoms with Gasteiger partial charge in [0.15, 0.2) is 5.11 Å². The van der Waals surface area contributed by atoms with Gasteiger partial charge in [0, 0.05) is 25.7 Å². The van der Waals surface area contributed by atoms with E-state index in [2.05, 4.69) is 20.9 Å². The van der Waals surface area contributed by atoms with Gasteiger partial charge in [-0.15, -0.1) is 0 Å². The van der Waals surface area contributed by atoms with E-state index in [0.29, 0.717) is 10.6 Å². The highest BCUT2D eigenvalue weighted by Gasteiger charge is 2.34. The normalized spacial score (nSPS) is 16.6. The van der Waals surface area contributed by atoms with Gasteiger partial charge in [0.25, 0.3) is 5.91 Å². The van der Waals surface area contributed by atoms with Crippen LogP contribution in [0.25, 0.3) is 0 Å². The van der Waals surface area contributed by atoms with Crippen LogP contribution in [-0.4, -0.2) is 53.5 Å². The van der Waals surface area contributed by atoms with E-state index in [-0.39, 0.29) is 23.8 Å². The van der Waals surface area contributed by atoms with Crippen molar-refractivity contribution < 1.29 is 9.59 Å². The van der Waals surface area contributed by atoms with Gasteiger partial charge in [-0.1, -0.05) is 30.7 Å². The Morgan fingerprint density at radius 2 is 1.86 bits per heavy atom. The predicted octanol–water partition coefficient (Wildman–Crippen LogP) is 2.96. The molecule has 3 N–H and O–H groups in total. The van der Waals surface area contributed by atoms with Crippen molar-refractivity contribution >= 4 is 40.7 Å². The van der Waals surface area contributed by atoms with Gasteiger partial charge in [-0.3, -0.25) is 9.59 Å². The third kappa shape index (κ3) is 6.57. The maximum absolute atomic E-state index is 13.0. The quantitative estimate of drug-likeness (QED) is 0.571. The molecule has 0 radical (unpaired) electrons. The van der Waals surface area contributed by atoms with Crippen LogP contribution in [-0.2, 0) is 4.79 Å². The van der Waals surface area contributed by atoms with E-state index in [9.17, 15) is 9.59 Å². The zero-order chi connectivity index (χ0) is 21.4. The third-order valence-electron chi connectivity index (χ3n) is 5.31. The summed E-state index contributed by atoms with van der Waals surface area (Å²) in [5.41, 5.74) is 0.376. The number of carbonyl (C=O) groups is 2. The molecule has 2 atom stereocenters. The molecular formula is C21H31ClN4O2S. The third-order valence-corrected chi connectivity index (χ3v) is 6.05. The SMILES string of the molecule is CCNC(=S)N1CCC(C(NC(=O)c2ccccc2Cl)C(=O)NC(C)CC)CC1. The molecule has 0 aliphatic carbocycles. The fourth-order valence-electron chi connectivity index (χ4n) is 3.40. The molecule has 2 amide bonds. The maximum atomic E-state index is 13.0. The minimum atomic E-state index is -0.609. The van der Waals surface area contributed by atoms with Gasteiger partial charge in [0.05, 0.1) is 10.6 Å². The number of amides is 2. The standard InChI is InChI=1S/C21H31ClN4O2S/c1-4-14(3)24-20(28)18(25-19(27)16-8-6-7-9-17(16)22)15-10-12-26(13-11-15)21(29)23-5-2/h6-9,14-15,18H,4-5,10-13H2,1-3H3,(H,23,29)(H,24,28)(H,25,27). The monoisotopic (exact) mass is 438 g/mol. The number of piperidine rings is 1. The van der Waals surface area contributed by atoms with E-state index in [1.165, 1.54) is 0 Å². The number of likely N-dealkylation sites (tertiary alicyclic amines) is 1. The van der Waals surface area contributed by atoms with Crippen molar-refractivity contribution in [2.24, 2.45) is 5.92 Å². The van der Waals surface area contributed by atoms with Crippen molar-refractivity contribution in [1.82, 2.24) is 20.9 Å². The number of benzene rings is 1. The van der Waals surface area contributed by atoms with Crippen molar-refractivity contribution in [3.05, 3.63) is 34.9 Å². The first-order valence-electron chi connectivity index (χ1n) is 10.3. The Morgan fingerprint density at radius 1 is 1.21 bits per heavy atom. The Kier molecular flexibility index (Phi) is 9.17. The summed E-state index contributed by atoms with van der Waals surface area (Å²) in [5, 5.41) is 10.2. The average Bonchev–Trinajstić information content (AvgIpc) is 2.72. The molecular weight excluding hydrogens is 408 g/mol. The molecule has 0 spiro atoms. The molecule has 29 heavy (non-hydrogen) atoms. The van der Waals surface area contributed by atoms with E-state index in [4.69, 9.17) is 23.8 Å². The summed E-state index contributed by atoms with van der Waals surface area (Å²) in [7, 11) is 0. The molecule has 2 rings (SSSR count). The molecule has 1 saturated heterocycles. The predicted molar refractivity (Wildman–Crippen MR) is 121 cm³/mol. The molecule has 160 valence electrons. The summed E-state index contributed by atoms with van der Waals surface area (Å²) in [4.78, 5) is 27.9. The van der Waals surface area contributed by atoms with Crippen molar-refractivity contribution in [2.75, 3.05) is 19.6 Å². The van der Waals surface area contributed by atoms with E-state index >= 15 is 0 Å². The fraction of sp³-hybridized carbons (Fsp3) is 0.571. The second-order valence-electron chi connectivity index (χ2n) is 7.41. The lowest BCUT2D eigenvalue weighted by atomic mass is 9.88. The van der Waals surface area contributed by atoms with Crippen LogP contribution >= 0.6 is 23.8 Å². The van der Waals surface area contributed by atoms with Gasteiger partial charge in [-0.2, -0.15) is 0 Å². The Bertz CT molecular complexity index is 722. The Morgan fingerprint density at radius 3 is 2.45 bits per heavy atom. The molecule has 0 aromatic heterocycles. The number of thiocarbonyl (C=S) groups is 1. The summed E-state index contributed by atoms with van der Waals surface area (Å²) in [6, 6.07) is 6.31. The Balaban J connectivity index is 2.11. The van der Waals surface area contributed by atoms with Gasteiger partial charge in [-0.05, 0) is 63.4 Å². The first-order valence-corrected chi connectivity index (χ1v) is 11.0. The van der Waals surface area contributed by atoms with Crippen LogP contribution in [0.4, 0.5) is 0 Å². The van der Waals surface area contributed by atoms with Crippen LogP contribution in [0.5, 0.6) is 0 Å². The molecule has 2 unspecified atom stereocenters. The maximum Gasteiger partial charge on any atom is 0.253 e. The van der Waals surface area contributed by atoms with Crippen molar-refractivity contribution in [1.29, 1.82) is 0 Å². The second kappa shape index (κ2) is 11.4. The van der Waals surface area contributed by atoms with Crippen LogP contribution < -0.4 is 16.0 Å². The van der Waals surface area contributed by atoms with Crippen LogP contribution in [0.1, 0.15) is 50.4 Å². The fourth-order valence-corrected chi connectivity index (χ4v) is 3.94. The topological polar surface area (TPSA) is 73.5 Å². The molecule has 1 aliphatic heterocycles. The van der Waals surface area contributed by atoms with Gasteiger partial charge in [0.2, 0.25) is 5.91 Å². The highest BCUT2D eigenvalue weighted by atomic mass is 35.5. The number of hydrogen-bond donors (Lipinski definition) is 3. The van der Waals surface area contributed by atoms with Crippen LogP contribution in [0, 0.1) is 5.92 Å². The van der Waals surface area contributed by atoms with E-state index in [1.54, 1.807) is 24.3 Å². The number of halogens is 1. The molecule has 1 aromatic carbocycles. The van der Waals surface area contributed by atoms with E-state index in [0.717, 1.165) is 44.0 Å². The molecule has 1 aromatic rings. The molecule has 0 saturated carbocycles. The first kappa shape index (κ1) is 23.4. The summed E-state index contributed by atoms with van der Waals surface area (Å²) < 4.78 is 0. The minimum Gasteiger partial charge on any atom is -0.363 e. The van der Waals surface area contributed by atoms with Crippen molar-refractivity contribution in [2.45, 2.75) is 52.1 Å². The smallest absolute Gasteiger partial charge is 0.253 e. The first-order chi connectivity index (χ1) is 13.9. The lowest BCUT2D eigenvalue weighted by Crippen LogP contribution is -2.55. The van der Waals surface area contributed by atoms with Gasteiger partial charge in [-0.25, -0.2) is 0 Å². The van der Waals surface area contributed by atoms with Crippen LogP contribution in [0.2, 0.25) is 5.02 Å². The highest BCUT2D eigenvalue weighted by molar-refractivity contribution is 7.80. The van der Waals surface area contributed by atoms with Crippen molar-refractivity contribution in [3.8, 4) is 0 Å². The summed E-state index contributed by atoms with van der Waals surface area (Å²) >= 11 is 11.6. The number of rotatable bonds is 7. The number of nitrogens with one attached hydrogen (secondary N) is 3. The Hall–Kier alpha value is -1.86. The van der Waals surface area contributed by atoms with Crippen molar-refractivity contribution in [3.63, 3.8) is 0 Å². The number of nitrogens with zero attached hydrogens (tertiary/aromatic N) is 1. The second-order valence-corrected chi connectivity index (χ2v) is 8.20. The zero-order valence-corrected chi connectivity index (χ0v) is 18.9. The molecule has 1 heterocycles. The number of hydrogen-bond acceptors (Lipinski definition) is 3. The summed E-state index contributed by atoms with van der Waals surface area (Å²) in [6.45, 7) is 8.28. The zero-order valence-electron chi connectivity index (χ0n) is 17.3. The minimum absolute atomic E-state index is 0.0335. The number of carbonyl (C=O) groups excluding carboxylic acids is 2. The van der Waals surface area contributed by atoms with Crippen LogP contribution in [0.15, 0.2) is 24.3 Å². The average molecular weight is 439 g/mol. The lowest BCUT2D eigenvalue weighted by Gasteiger charge is -2.37. The molecule has 1 fully saturated rings. The molecule has 0 bridgehead atoms. The lowest BCUT2D eigenvalue weighted by molar-refractivity contribution is -0.125. The van der Waals surface area contributed by atoms with Gasteiger partial charge < -0.3 is 20.9 Å². The largest absolute Gasteiger partial charge is 0.363 e. The summed E-state index contributed by atoms with van der Waals surface area (Å²) in [6.07, 6.45) is 2.37. The van der Waals surface area contributed by atoms with E-state index in [1.807, 2.05) is 20.8 Å². The molecule has 6 nitrogen and oxygen atoms in total. The summed E-state index contributed by atoms with van der Waals surface area (Å²) in [5.74, 6) is -0.441.